The lowest BCUT2D eigenvalue weighted by Gasteiger charge is -2.10. The molecule has 0 aliphatic heterocycles. The van der Waals surface area contributed by atoms with E-state index in [-0.39, 0.29) is 0 Å². The first-order valence-corrected chi connectivity index (χ1v) is 5.90. The van der Waals surface area contributed by atoms with Gasteiger partial charge in [0.25, 0.3) is 0 Å². The van der Waals surface area contributed by atoms with Gasteiger partial charge in [0, 0.05) is 22.6 Å². The minimum absolute atomic E-state index is 0.503. The summed E-state index contributed by atoms with van der Waals surface area (Å²) in [6.07, 6.45) is 1.79. The van der Waals surface area contributed by atoms with Gasteiger partial charge in [0.2, 0.25) is 0 Å². The van der Waals surface area contributed by atoms with Gasteiger partial charge in [-0.1, -0.05) is 15.9 Å². The van der Waals surface area contributed by atoms with Crippen LogP contribution in [-0.4, -0.2) is 18.1 Å². The topological polar surface area (TPSA) is 48.1 Å². The number of aromatic nitrogens is 1. The molecule has 16 heavy (non-hydrogen) atoms. The fraction of sp³-hybridized carbons (Fsp3) is 0.250. The number of pyridine rings is 1. The van der Waals surface area contributed by atoms with E-state index in [2.05, 4.69) is 27.8 Å². The van der Waals surface area contributed by atoms with Crippen molar-refractivity contribution in [1.82, 2.24) is 4.98 Å². The maximum atomic E-state index is 5.57. The lowest BCUT2D eigenvalue weighted by atomic mass is 10.1. The van der Waals surface area contributed by atoms with E-state index in [1.165, 1.54) is 5.56 Å². The van der Waals surface area contributed by atoms with Gasteiger partial charge in [-0.05, 0) is 30.7 Å². The van der Waals surface area contributed by atoms with Crippen LogP contribution in [0.5, 0.6) is 5.75 Å². The SMILES string of the molecule is Cc1ccnc2c(OCCN)ccc(Br)c12. The number of hydrogen-bond donors (Lipinski definition) is 1. The number of hydrogen-bond acceptors (Lipinski definition) is 3. The van der Waals surface area contributed by atoms with Crippen LogP contribution in [-0.2, 0) is 0 Å². The summed E-state index contributed by atoms with van der Waals surface area (Å²) in [5, 5.41) is 1.09. The van der Waals surface area contributed by atoms with E-state index in [9.17, 15) is 0 Å². The highest BCUT2D eigenvalue weighted by Gasteiger charge is 2.08. The molecule has 0 aliphatic carbocycles. The monoisotopic (exact) mass is 280 g/mol. The molecule has 1 aromatic carbocycles. The van der Waals surface area contributed by atoms with Crippen molar-refractivity contribution in [3.05, 3.63) is 34.4 Å². The Morgan fingerprint density at radius 2 is 2.19 bits per heavy atom. The third-order valence-electron chi connectivity index (χ3n) is 2.39. The van der Waals surface area contributed by atoms with E-state index in [1.807, 2.05) is 18.2 Å². The molecule has 0 saturated carbocycles. The van der Waals surface area contributed by atoms with E-state index in [0.29, 0.717) is 13.2 Å². The van der Waals surface area contributed by atoms with Gasteiger partial charge in [-0.2, -0.15) is 0 Å². The molecule has 0 spiro atoms. The highest BCUT2D eigenvalue weighted by Crippen LogP contribution is 2.32. The predicted octanol–water partition coefficient (Wildman–Crippen LogP) is 2.64. The summed E-state index contributed by atoms with van der Waals surface area (Å²) in [5.74, 6) is 0.785. The van der Waals surface area contributed by atoms with Crippen LogP contribution in [0.2, 0.25) is 0 Å². The number of nitrogens with two attached hydrogens (primary N) is 1. The quantitative estimate of drug-likeness (QED) is 0.940. The van der Waals surface area contributed by atoms with Crippen molar-refractivity contribution >= 4 is 26.8 Å². The van der Waals surface area contributed by atoms with E-state index in [0.717, 1.165) is 21.1 Å². The van der Waals surface area contributed by atoms with Crippen LogP contribution >= 0.6 is 15.9 Å². The zero-order valence-corrected chi connectivity index (χ0v) is 10.6. The first-order chi connectivity index (χ1) is 7.74. The number of halogens is 1. The first-order valence-electron chi connectivity index (χ1n) is 5.10. The average molecular weight is 281 g/mol. The molecule has 0 unspecified atom stereocenters. The lowest BCUT2D eigenvalue weighted by Crippen LogP contribution is -2.10. The molecule has 0 bridgehead atoms. The van der Waals surface area contributed by atoms with Crippen molar-refractivity contribution < 1.29 is 4.74 Å². The van der Waals surface area contributed by atoms with Crippen molar-refractivity contribution in [2.45, 2.75) is 6.92 Å². The van der Waals surface area contributed by atoms with Crippen molar-refractivity contribution in [2.75, 3.05) is 13.2 Å². The summed E-state index contributed by atoms with van der Waals surface area (Å²) in [4.78, 5) is 4.36. The highest BCUT2D eigenvalue weighted by molar-refractivity contribution is 9.10. The zero-order chi connectivity index (χ0) is 11.5. The molecular formula is C12H13BrN2O. The van der Waals surface area contributed by atoms with Gasteiger partial charge >= 0.3 is 0 Å². The second-order valence-corrected chi connectivity index (χ2v) is 4.39. The van der Waals surface area contributed by atoms with Gasteiger partial charge in [0.15, 0.2) is 0 Å². The fourth-order valence-electron chi connectivity index (χ4n) is 1.64. The van der Waals surface area contributed by atoms with Gasteiger partial charge in [-0.3, -0.25) is 4.98 Å². The van der Waals surface area contributed by atoms with Crippen LogP contribution in [0.1, 0.15) is 5.56 Å². The second-order valence-electron chi connectivity index (χ2n) is 3.53. The van der Waals surface area contributed by atoms with Crippen LogP contribution in [0.25, 0.3) is 10.9 Å². The Labute approximate surface area is 103 Å². The molecule has 3 nitrogen and oxygen atoms in total. The molecule has 0 radical (unpaired) electrons. The molecule has 0 aliphatic rings. The summed E-state index contributed by atoms with van der Waals surface area (Å²) in [7, 11) is 0. The molecule has 0 amide bonds. The Morgan fingerprint density at radius 1 is 1.38 bits per heavy atom. The van der Waals surface area contributed by atoms with Crippen LogP contribution in [0, 0.1) is 6.92 Å². The summed E-state index contributed by atoms with van der Waals surface area (Å²) in [6, 6.07) is 5.87. The van der Waals surface area contributed by atoms with Crippen LogP contribution in [0.4, 0.5) is 0 Å². The minimum atomic E-state index is 0.503. The standard InChI is InChI=1S/C12H13BrN2O/c1-8-4-6-15-12-10(16-7-5-14)3-2-9(13)11(8)12/h2-4,6H,5,7,14H2,1H3. The van der Waals surface area contributed by atoms with Gasteiger partial charge in [-0.15, -0.1) is 0 Å². The molecule has 84 valence electrons. The molecule has 4 heteroatoms. The second kappa shape index (κ2) is 4.80. The van der Waals surface area contributed by atoms with Crippen molar-refractivity contribution in [3.8, 4) is 5.75 Å². The smallest absolute Gasteiger partial charge is 0.145 e. The highest BCUT2D eigenvalue weighted by atomic mass is 79.9. The molecule has 2 rings (SSSR count). The third-order valence-corrected chi connectivity index (χ3v) is 3.05. The van der Waals surface area contributed by atoms with Crippen LogP contribution < -0.4 is 10.5 Å². The lowest BCUT2D eigenvalue weighted by molar-refractivity contribution is 0.331. The Morgan fingerprint density at radius 3 is 2.94 bits per heavy atom. The number of aryl methyl sites for hydroxylation is 1. The zero-order valence-electron chi connectivity index (χ0n) is 9.03. The number of benzene rings is 1. The maximum Gasteiger partial charge on any atom is 0.145 e. The van der Waals surface area contributed by atoms with Crippen LogP contribution in [0.15, 0.2) is 28.9 Å². The van der Waals surface area contributed by atoms with Gasteiger partial charge < -0.3 is 10.5 Å². The molecule has 2 N–H and O–H groups in total. The summed E-state index contributed by atoms with van der Waals surface area (Å²) in [6.45, 7) is 3.07. The van der Waals surface area contributed by atoms with Gasteiger partial charge in [0.1, 0.15) is 17.9 Å². The number of nitrogens with zero attached hydrogens (tertiary/aromatic N) is 1. The third kappa shape index (κ3) is 2.03. The van der Waals surface area contributed by atoms with E-state index in [1.54, 1.807) is 6.20 Å². The Bertz CT molecular complexity index is 505. The Balaban J connectivity index is 2.60. The van der Waals surface area contributed by atoms with Crippen LogP contribution in [0.3, 0.4) is 0 Å². The molecule has 2 aromatic rings. The normalized spacial score (nSPS) is 10.7. The van der Waals surface area contributed by atoms with Crippen molar-refractivity contribution in [3.63, 3.8) is 0 Å². The van der Waals surface area contributed by atoms with Gasteiger partial charge in [0.05, 0.1) is 0 Å². The average Bonchev–Trinajstić information content (AvgIpc) is 2.28. The van der Waals surface area contributed by atoms with Gasteiger partial charge in [-0.25, -0.2) is 0 Å². The van der Waals surface area contributed by atoms with E-state index >= 15 is 0 Å². The molecule has 0 fully saturated rings. The Kier molecular flexibility index (Phi) is 3.41. The maximum absolute atomic E-state index is 5.57. The number of fused-ring (bicyclic) bond motifs is 1. The molecule has 1 aromatic heterocycles. The van der Waals surface area contributed by atoms with Crippen molar-refractivity contribution in [1.29, 1.82) is 0 Å². The molecular weight excluding hydrogens is 268 g/mol. The first kappa shape index (κ1) is 11.4. The summed E-state index contributed by atoms with van der Waals surface area (Å²) in [5.41, 5.74) is 7.48. The van der Waals surface area contributed by atoms with E-state index in [4.69, 9.17) is 10.5 Å². The Hall–Kier alpha value is -1.13. The van der Waals surface area contributed by atoms with Crippen molar-refractivity contribution in [2.24, 2.45) is 5.73 Å². The molecule has 1 heterocycles. The van der Waals surface area contributed by atoms with E-state index < -0.39 is 0 Å². The number of ether oxygens (including phenoxy) is 1. The minimum Gasteiger partial charge on any atom is -0.490 e. The number of rotatable bonds is 3. The summed E-state index contributed by atoms with van der Waals surface area (Å²) >= 11 is 3.53. The molecule has 0 atom stereocenters. The molecule has 0 saturated heterocycles. The largest absolute Gasteiger partial charge is 0.490 e. The fourth-order valence-corrected chi connectivity index (χ4v) is 2.28. The summed E-state index contributed by atoms with van der Waals surface area (Å²) < 4.78 is 6.61. The predicted molar refractivity (Wildman–Crippen MR) is 68.7 cm³/mol.